The van der Waals surface area contributed by atoms with Gasteiger partial charge in [0, 0.05) is 7.11 Å². The summed E-state index contributed by atoms with van der Waals surface area (Å²) < 4.78 is 12.2. The molecule has 0 saturated heterocycles. The summed E-state index contributed by atoms with van der Waals surface area (Å²) in [4.78, 5) is 12.0. The van der Waals surface area contributed by atoms with Crippen LogP contribution in [0.25, 0.3) is 5.52 Å². The average molecular weight is 289 g/mol. The maximum Gasteiger partial charge on any atom is 0.412 e. The maximum absolute atomic E-state index is 12.0. The van der Waals surface area contributed by atoms with Gasteiger partial charge in [0.05, 0.1) is 17.8 Å². The van der Waals surface area contributed by atoms with Gasteiger partial charge in [-0.2, -0.15) is 5.10 Å². The molecule has 112 valence electrons. The number of rotatable bonds is 3. The predicted octanol–water partition coefficient (Wildman–Crippen LogP) is 1.09. The summed E-state index contributed by atoms with van der Waals surface area (Å²) in [7, 11) is 3.54. The molecule has 21 heavy (non-hydrogen) atoms. The van der Waals surface area contributed by atoms with Crippen LogP contribution in [0.3, 0.4) is 0 Å². The van der Waals surface area contributed by atoms with Gasteiger partial charge in [-0.3, -0.25) is 5.32 Å². The normalized spacial score (nSPS) is 11.6. The summed E-state index contributed by atoms with van der Waals surface area (Å²) >= 11 is 0. The number of nitrogens with zero attached hydrogens (tertiary/aromatic N) is 2. The van der Waals surface area contributed by atoms with Gasteiger partial charge in [0.25, 0.3) is 0 Å². The van der Waals surface area contributed by atoms with Crippen molar-refractivity contribution < 1.29 is 14.3 Å². The molecule has 0 aromatic carbocycles. The molecule has 0 atom stereocenters. The summed E-state index contributed by atoms with van der Waals surface area (Å²) in [6.45, 7) is 5.78. The molecular weight excluding hydrogens is 269 g/mol. The molecule has 0 radical (unpaired) electrons. The molecule has 0 unspecified atom stereocenters. The highest BCUT2D eigenvalue weighted by molar-refractivity contribution is 6.31. The number of carbonyl (C=O) groups is 1. The minimum absolute atomic E-state index is 0.312. The van der Waals surface area contributed by atoms with Crippen LogP contribution in [0.15, 0.2) is 18.2 Å². The fourth-order valence-corrected chi connectivity index (χ4v) is 2.03. The molecular formula is C14H20BN3O3. The van der Waals surface area contributed by atoms with Crippen LogP contribution in [-0.4, -0.2) is 36.3 Å². The summed E-state index contributed by atoms with van der Waals surface area (Å²) in [5.41, 5.74) is 2.52. The van der Waals surface area contributed by atoms with Crippen LogP contribution in [0.5, 0.6) is 0 Å². The van der Waals surface area contributed by atoms with Crippen molar-refractivity contribution in [3.63, 3.8) is 0 Å². The number of anilines is 1. The van der Waals surface area contributed by atoms with E-state index in [-0.39, 0.29) is 0 Å². The standard InChI is InChI=1S/C14H20BN3O3/c1-14(2,3)21-13(19)16-12-9(8-20-4)17-18-10(12)6-5-7-11(18)15/h5-7H,8,15H2,1-4H3,(H,16,19). The minimum Gasteiger partial charge on any atom is -0.444 e. The first-order valence-corrected chi connectivity index (χ1v) is 6.78. The van der Waals surface area contributed by atoms with Gasteiger partial charge in [-0.25, -0.2) is 9.31 Å². The van der Waals surface area contributed by atoms with Gasteiger partial charge in [-0.05, 0) is 32.4 Å². The fourth-order valence-electron chi connectivity index (χ4n) is 2.03. The lowest BCUT2D eigenvalue weighted by molar-refractivity contribution is 0.0635. The van der Waals surface area contributed by atoms with Crippen molar-refractivity contribution in [3.05, 3.63) is 23.9 Å². The number of carbonyl (C=O) groups excluding carboxylic acids is 1. The van der Waals surface area contributed by atoms with E-state index in [1.165, 1.54) is 0 Å². The van der Waals surface area contributed by atoms with E-state index >= 15 is 0 Å². The second-order valence-corrected chi connectivity index (χ2v) is 5.85. The Morgan fingerprint density at radius 1 is 1.43 bits per heavy atom. The molecule has 2 heterocycles. The number of nitrogens with one attached hydrogen (secondary N) is 1. The summed E-state index contributed by atoms with van der Waals surface area (Å²) in [5.74, 6) is 0. The van der Waals surface area contributed by atoms with Crippen LogP contribution in [0.2, 0.25) is 0 Å². The highest BCUT2D eigenvalue weighted by atomic mass is 16.6. The molecule has 7 heteroatoms. The lowest BCUT2D eigenvalue weighted by Crippen LogP contribution is -2.27. The zero-order chi connectivity index (χ0) is 15.6. The Labute approximate surface area is 124 Å². The van der Waals surface area contributed by atoms with E-state index in [2.05, 4.69) is 10.4 Å². The third-order valence-corrected chi connectivity index (χ3v) is 2.83. The third-order valence-electron chi connectivity index (χ3n) is 2.83. The minimum atomic E-state index is -0.551. The molecule has 0 fully saturated rings. The van der Waals surface area contributed by atoms with E-state index < -0.39 is 11.7 Å². The third kappa shape index (κ3) is 3.55. The number of amides is 1. The Balaban J connectivity index is 2.39. The Morgan fingerprint density at radius 2 is 2.14 bits per heavy atom. The Hall–Kier alpha value is -2.02. The van der Waals surface area contributed by atoms with Gasteiger partial charge in [-0.1, -0.05) is 12.1 Å². The van der Waals surface area contributed by atoms with E-state index in [0.29, 0.717) is 18.0 Å². The first kappa shape index (κ1) is 15.4. The predicted molar refractivity (Wildman–Crippen MR) is 83.9 cm³/mol. The van der Waals surface area contributed by atoms with E-state index in [1.54, 1.807) is 11.6 Å². The van der Waals surface area contributed by atoms with Gasteiger partial charge < -0.3 is 9.47 Å². The smallest absolute Gasteiger partial charge is 0.412 e. The molecule has 0 saturated carbocycles. The summed E-state index contributed by atoms with van der Waals surface area (Å²) in [6.07, 6.45) is -0.503. The van der Waals surface area contributed by atoms with E-state index in [0.717, 1.165) is 11.1 Å². The van der Waals surface area contributed by atoms with Crippen LogP contribution in [0.4, 0.5) is 10.5 Å². The highest BCUT2D eigenvalue weighted by Gasteiger charge is 2.20. The van der Waals surface area contributed by atoms with Crippen LogP contribution in [0.1, 0.15) is 26.5 Å². The van der Waals surface area contributed by atoms with Gasteiger partial charge >= 0.3 is 6.09 Å². The number of hydrogen-bond acceptors (Lipinski definition) is 4. The van der Waals surface area contributed by atoms with Crippen LogP contribution < -0.4 is 10.9 Å². The molecule has 1 N–H and O–H groups in total. The van der Waals surface area contributed by atoms with Crippen molar-refractivity contribution in [2.24, 2.45) is 0 Å². The molecule has 1 amide bonds. The average Bonchev–Trinajstić information content (AvgIpc) is 2.68. The Morgan fingerprint density at radius 3 is 2.76 bits per heavy atom. The molecule has 2 rings (SSSR count). The quantitative estimate of drug-likeness (QED) is 0.859. The SMILES string of the molecule is Bc1cccc2c(NC(=O)OC(C)(C)C)c(COC)nn12. The highest BCUT2D eigenvalue weighted by Crippen LogP contribution is 2.23. The molecule has 2 aromatic rings. The zero-order valence-electron chi connectivity index (χ0n) is 13.1. The number of hydrogen-bond donors (Lipinski definition) is 1. The Bertz CT molecular complexity index is 661. The largest absolute Gasteiger partial charge is 0.444 e. The van der Waals surface area contributed by atoms with Gasteiger partial charge in [0.1, 0.15) is 11.3 Å². The van der Waals surface area contributed by atoms with Gasteiger partial charge in [0.15, 0.2) is 7.85 Å². The molecule has 6 nitrogen and oxygen atoms in total. The van der Waals surface area contributed by atoms with Crippen LogP contribution in [-0.2, 0) is 16.1 Å². The lowest BCUT2D eigenvalue weighted by Gasteiger charge is -2.19. The van der Waals surface area contributed by atoms with Crippen molar-refractivity contribution in [2.75, 3.05) is 12.4 Å². The molecule has 0 bridgehead atoms. The lowest BCUT2D eigenvalue weighted by atomic mass is 10.0. The number of fused-ring (bicyclic) bond motifs is 1. The van der Waals surface area contributed by atoms with Crippen molar-refractivity contribution in [1.29, 1.82) is 0 Å². The first-order chi connectivity index (χ1) is 9.81. The number of pyridine rings is 1. The molecule has 0 aliphatic rings. The van der Waals surface area contributed by atoms with Crippen molar-refractivity contribution >= 4 is 30.7 Å². The van der Waals surface area contributed by atoms with E-state index in [4.69, 9.17) is 9.47 Å². The molecule has 2 aromatic heterocycles. The van der Waals surface area contributed by atoms with Crippen molar-refractivity contribution in [3.8, 4) is 0 Å². The van der Waals surface area contributed by atoms with Crippen LogP contribution >= 0.6 is 0 Å². The second kappa shape index (κ2) is 5.77. The number of aromatic nitrogens is 2. The van der Waals surface area contributed by atoms with E-state index in [9.17, 15) is 4.79 Å². The van der Waals surface area contributed by atoms with E-state index in [1.807, 2.05) is 46.8 Å². The maximum atomic E-state index is 12.0. The number of ether oxygens (including phenoxy) is 2. The Kier molecular flexibility index (Phi) is 4.23. The van der Waals surface area contributed by atoms with Gasteiger partial charge in [-0.15, -0.1) is 0 Å². The molecule has 0 aliphatic heterocycles. The topological polar surface area (TPSA) is 64.9 Å². The monoisotopic (exact) mass is 289 g/mol. The molecule has 0 spiro atoms. The van der Waals surface area contributed by atoms with Crippen molar-refractivity contribution in [2.45, 2.75) is 33.0 Å². The molecule has 0 aliphatic carbocycles. The number of methoxy groups -OCH3 is 1. The second-order valence-electron chi connectivity index (χ2n) is 5.85. The first-order valence-electron chi connectivity index (χ1n) is 6.78. The summed E-state index contributed by atoms with van der Waals surface area (Å²) in [5, 5.41) is 7.25. The van der Waals surface area contributed by atoms with Crippen molar-refractivity contribution in [1.82, 2.24) is 9.61 Å². The van der Waals surface area contributed by atoms with Gasteiger partial charge in [0.2, 0.25) is 0 Å². The van der Waals surface area contributed by atoms with Crippen LogP contribution in [0, 0.1) is 0 Å². The zero-order valence-corrected chi connectivity index (χ0v) is 13.1. The fraction of sp³-hybridized carbons (Fsp3) is 0.429. The summed E-state index contributed by atoms with van der Waals surface area (Å²) in [6, 6.07) is 5.77.